The molecule has 0 spiro atoms. The van der Waals surface area contributed by atoms with Crippen molar-refractivity contribution < 1.29 is 14.3 Å². The van der Waals surface area contributed by atoms with Crippen molar-refractivity contribution in [1.82, 2.24) is 20.2 Å². The van der Waals surface area contributed by atoms with E-state index in [1.165, 1.54) is 18.9 Å². The number of nitrogens with zero attached hydrogens (tertiary/aromatic N) is 4. The second-order valence-corrected chi connectivity index (χ2v) is 5.37. The summed E-state index contributed by atoms with van der Waals surface area (Å²) in [6.07, 6.45) is 0. The van der Waals surface area contributed by atoms with E-state index < -0.39 is 5.25 Å². The number of carbonyl (C=O) groups is 1. The fourth-order valence-electron chi connectivity index (χ4n) is 1.69. The number of ether oxygens (including phenoxy) is 2. The lowest BCUT2D eigenvalue weighted by Crippen LogP contribution is -2.15. The summed E-state index contributed by atoms with van der Waals surface area (Å²) in [6.45, 7) is 4.19. The zero-order valence-electron chi connectivity index (χ0n) is 12.0. The van der Waals surface area contributed by atoms with Gasteiger partial charge in [0.25, 0.3) is 0 Å². The van der Waals surface area contributed by atoms with Gasteiger partial charge >= 0.3 is 5.97 Å². The molecule has 0 fully saturated rings. The van der Waals surface area contributed by atoms with Crippen molar-refractivity contribution in [2.45, 2.75) is 24.3 Å². The van der Waals surface area contributed by atoms with Gasteiger partial charge in [0, 0.05) is 0 Å². The molecule has 112 valence electrons. The molecular weight excluding hydrogens is 292 g/mol. The first-order valence-electron chi connectivity index (χ1n) is 6.42. The molecule has 0 bridgehead atoms. The van der Waals surface area contributed by atoms with E-state index in [2.05, 4.69) is 15.5 Å². The molecule has 0 aliphatic rings. The minimum atomic E-state index is -0.404. The van der Waals surface area contributed by atoms with Crippen molar-refractivity contribution in [2.24, 2.45) is 0 Å². The monoisotopic (exact) mass is 308 g/mol. The number of esters is 1. The highest BCUT2D eigenvalue weighted by Crippen LogP contribution is 2.28. The third kappa shape index (κ3) is 3.52. The van der Waals surface area contributed by atoms with Gasteiger partial charge in [0.15, 0.2) is 0 Å². The number of hydrogen-bond acceptors (Lipinski definition) is 7. The molecule has 1 aromatic carbocycles. The second-order valence-electron chi connectivity index (χ2n) is 4.06. The van der Waals surface area contributed by atoms with Crippen LogP contribution in [0.4, 0.5) is 0 Å². The van der Waals surface area contributed by atoms with Gasteiger partial charge in [0.2, 0.25) is 5.16 Å². The van der Waals surface area contributed by atoms with Gasteiger partial charge in [-0.25, -0.2) is 0 Å². The predicted molar refractivity (Wildman–Crippen MR) is 77.7 cm³/mol. The van der Waals surface area contributed by atoms with Crippen LogP contribution in [0.25, 0.3) is 5.69 Å². The lowest BCUT2D eigenvalue weighted by Gasteiger charge is -2.12. The summed E-state index contributed by atoms with van der Waals surface area (Å²) in [5, 5.41) is 11.7. The summed E-state index contributed by atoms with van der Waals surface area (Å²) in [7, 11) is 1.35. The molecule has 0 radical (unpaired) electrons. The Balaban J connectivity index is 2.30. The Labute approximate surface area is 126 Å². The Morgan fingerprint density at radius 3 is 2.90 bits per heavy atom. The van der Waals surface area contributed by atoms with Crippen LogP contribution in [0.1, 0.15) is 13.8 Å². The van der Waals surface area contributed by atoms with Crippen LogP contribution in [0.2, 0.25) is 0 Å². The lowest BCUT2D eigenvalue weighted by atomic mass is 10.3. The summed E-state index contributed by atoms with van der Waals surface area (Å²) < 4.78 is 11.8. The third-order valence-electron chi connectivity index (χ3n) is 2.65. The summed E-state index contributed by atoms with van der Waals surface area (Å²) in [5.74, 6) is 0.354. The maximum Gasteiger partial charge on any atom is 0.318 e. The molecule has 0 aliphatic carbocycles. The minimum Gasteiger partial charge on any atom is -0.492 e. The van der Waals surface area contributed by atoms with Gasteiger partial charge in [-0.05, 0) is 36.4 Å². The molecule has 1 aromatic heterocycles. The van der Waals surface area contributed by atoms with Crippen LogP contribution in [-0.2, 0) is 9.53 Å². The number of benzene rings is 1. The predicted octanol–water partition coefficient (Wildman–Crippen LogP) is 1.71. The molecule has 0 amide bonds. The van der Waals surface area contributed by atoms with E-state index in [9.17, 15) is 4.79 Å². The SMILES string of the molecule is CCOc1ccccc1-n1nnnc1S[C@H](C)C(=O)OC. The fraction of sp³-hybridized carbons (Fsp3) is 0.385. The van der Waals surface area contributed by atoms with Crippen LogP contribution >= 0.6 is 11.8 Å². The number of aromatic nitrogens is 4. The minimum absolute atomic E-state index is 0.326. The molecule has 0 N–H and O–H groups in total. The second kappa shape index (κ2) is 7.07. The Morgan fingerprint density at radius 1 is 1.43 bits per heavy atom. The van der Waals surface area contributed by atoms with E-state index in [4.69, 9.17) is 9.47 Å². The summed E-state index contributed by atoms with van der Waals surface area (Å²) in [5.41, 5.74) is 0.726. The van der Waals surface area contributed by atoms with E-state index in [-0.39, 0.29) is 5.97 Å². The van der Waals surface area contributed by atoms with Crippen molar-refractivity contribution in [1.29, 1.82) is 0 Å². The first-order chi connectivity index (χ1) is 10.2. The molecule has 1 atom stereocenters. The van der Waals surface area contributed by atoms with Crippen molar-refractivity contribution >= 4 is 17.7 Å². The van der Waals surface area contributed by atoms with Crippen molar-refractivity contribution in [2.75, 3.05) is 13.7 Å². The standard InChI is InChI=1S/C13H16N4O3S/c1-4-20-11-8-6-5-7-10(11)17-13(14-15-16-17)21-9(2)12(18)19-3/h5-9H,4H2,1-3H3/t9-/m1/s1. The average Bonchev–Trinajstić information content (AvgIpc) is 2.95. The van der Waals surface area contributed by atoms with E-state index in [0.29, 0.717) is 17.5 Å². The molecule has 7 nitrogen and oxygen atoms in total. The van der Waals surface area contributed by atoms with Gasteiger partial charge in [-0.15, -0.1) is 5.10 Å². The van der Waals surface area contributed by atoms with E-state index >= 15 is 0 Å². The molecule has 8 heteroatoms. The quantitative estimate of drug-likeness (QED) is 0.593. The Morgan fingerprint density at radius 2 is 2.19 bits per heavy atom. The number of rotatable bonds is 6. The Kier molecular flexibility index (Phi) is 5.15. The van der Waals surface area contributed by atoms with Crippen LogP contribution < -0.4 is 4.74 Å². The van der Waals surface area contributed by atoms with Gasteiger partial charge in [0.05, 0.1) is 13.7 Å². The number of carbonyl (C=O) groups excluding carboxylic acids is 1. The number of para-hydroxylation sites is 2. The van der Waals surface area contributed by atoms with Gasteiger partial charge in [-0.3, -0.25) is 4.79 Å². The number of methoxy groups -OCH3 is 1. The first kappa shape index (κ1) is 15.3. The zero-order chi connectivity index (χ0) is 15.2. The summed E-state index contributed by atoms with van der Waals surface area (Å²) >= 11 is 1.23. The summed E-state index contributed by atoms with van der Waals surface area (Å²) in [4.78, 5) is 11.5. The van der Waals surface area contributed by atoms with Crippen LogP contribution in [0, 0.1) is 0 Å². The van der Waals surface area contributed by atoms with Gasteiger partial charge in [0.1, 0.15) is 16.7 Å². The molecule has 21 heavy (non-hydrogen) atoms. The fourth-order valence-corrected chi connectivity index (χ4v) is 2.51. The zero-order valence-corrected chi connectivity index (χ0v) is 12.8. The van der Waals surface area contributed by atoms with E-state index in [1.54, 1.807) is 11.6 Å². The average molecular weight is 308 g/mol. The maximum atomic E-state index is 11.5. The number of thioether (sulfide) groups is 1. The molecular formula is C13H16N4O3S. The van der Waals surface area contributed by atoms with Crippen molar-refractivity contribution in [3.8, 4) is 11.4 Å². The first-order valence-corrected chi connectivity index (χ1v) is 7.30. The molecule has 0 unspecified atom stereocenters. The molecule has 0 aliphatic heterocycles. The van der Waals surface area contributed by atoms with E-state index in [0.717, 1.165) is 5.69 Å². The highest BCUT2D eigenvalue weighted by Gasteiger charge is 2.20. The number of tetrazole rings is 1. The molecule has 0 saturated heterocycles. The Bertz CT molecular complexity index is 617. The van der Waals surface area contributed by atoms with E-state index in [1.807, 2.05) is 31.2 Å². The summed E-state index contributed by atoms with van der Waals surface area (Å²) in [6, 6.07) is 7.45. The smallest absolute Gasteiger partial charge is 0.318 e. The highest BCUT2D eigenvalue weighted by molar-refractivity contribution is 8.00. The Hall–Kier alpha value is -2.09. The van der Waals surface area contributed by atoms with Crippen LogP contribution in [-0.4, -0.2) is 45.1 Å². The van der Waals surface area contributed by atoms with Crippen LogP contribution in [0.3, 0.4) is 0 Å². The van der Waals surface area contributed by atoms with Crippen LogP contribution in [0.15, 0.2) is 29.4 Å². The normalized spacial score (nSPS) is 12.0. The largest absolute Gasteiger partial charge is 0.492 e. The molecule has 0 saturated carbocycles. The molecule has 1 heterocycles. The van der Waals surface area contributed by atoms with Crippen molar-refractivity contribution in [3.05, 3.63) is 24.3 Å². The van der Waals surface area contributed by atoms with Gasteiger partial charge in [-0.2, -0.15) is 4.68 Å². The third-order valence-corrected chi connectivity index (χ3v) is 3.66. The maximum absolute atomic E-state index is 11.5. The molecule has 2 aromatic rings. The van der Waals surface area contributed by atoms with Crippen LogP contribution in [0.5, 0.6) is 5.75 Å². The van der Waals surface area contributed by atoms with Gasteiger partial charge < -0.3 is 9.47 Å². The van der Waals surface area contributed by atoms with Gasteiger partial charge in [-0.1, -0.05) is 23.9 Å². The molecule has 2 rings (SSSR count). The number of hydrogen-bond donors (Lipinski definition) is 0. The topological polar surface area (TPSA) is 79.1 Å². The van der Waals surface area contributed by atoms with Crippen molar-refractivity contribution in [3.63, 3.8) is 0 Å². The highest BCUT2D eigenvalue weighted by atomic mass is 32.2. The lowest BCUT2D eigenvalue weighted by molar-refractivity contribution is -0.139.